The third kappa shape index (κ3) is 8.55. The fraction of sp³-hybridized carbons (Fsp3) is 0.300. The fourth-order valence-electron chi connectivity index (χ4n) is 8.97. The van der Waals surface area contributed by atoms with Crippen LogP contribution in [0.5, 0.6) is 5.75 Å². The Bertz CT molecular complexity index is 3060. The molecule has 4 heteroatoms. The molecule has 8 rings (SSSR count). The monoisotopic (exact) mass is 845 g/mol. The quantitative estimate of drug-likeness (QED) is 0.157. The number of pyridine rings is 1. The van der Waals surface area contributed by atoms with Crippen molar-refractivity contribution in [3.8, 4) is 67.5 Å². The van der Waals surface area contributed by atoms with Crippen LogP contribution in [0.4, 0.5) is 0 Å². The highest BCUT2D eigenvalue weighted by molar-refractivity contribution is 5.97. The van der Waals surface area contributed by atoms with E-state index in [2.05, 4.69) is 208 Å². The Kier molecular flexibility index (Phi) is 11.4. The summed E-state index contributed by atoms with van der Waals surface area (Å²) in [6, 6.07) is 45.6. The van der Waals surface area contributed by atoms with Crippen LogP contribution in [0.15, 0.2) is 134 Å². The minimum atomic E-state index is -0.933. The van der Waals surface area contributed by atoms with Crippen molar-refractivity contribution in [2.75, 3.05) is 0 Å². The van der Waals surface area contributed by atoms with E-state index in [1.165, 1.54) is 16.7 Å². The number of hydrogen-bond donors (Lipinski definition) is 1. The number of hydrogen-bond acceptors (Lipinski definition) is 3. The molecule has 2 heterocycles. The predicted molar refractivity (Wildman–Crippen MR) is 272 cm³/mol. The zero-order valence-electron chi connectivity index (χ0n) is 41.1. The van der Waals surface area contributed by atoms with Gasteiger partial charge in [0.2, 0.25) is 0 Å². The van der Waals surface area contributed by atoms with E-state index in [4.69, 9.17) is 9.97 Å². The third-order valence-electron chi connectivity index (χ3n) is 12.8. The van der Waals surface area contributed by atoms with Crippen molar-refractivity contribution < 1.29 is 6.48 Å². The molecule has 0 fully saturated rings. The summed E-state index contributed by atoms with van der Waals surface area (Å²) in [4.78, 5) is 10.5. The van der Waals surface area contributed by atoms with Gasteiger partial charge in [-0.3, -0.25) is 9.55 Å². The molecule has 0 aliphatic rings. The molecule has 0 unspecified atom stereocenters. The number of benzene rings is 6. The molecule has 326 valence electrons. The molecule has 0 aliphatic heterocycles. The summed E-state index contributed by atoms with van der Waals surface area (Å²) in [5.74, 6) is 0.295. The van der Waals surface area contributed by atoms with E-state index < -0.39 is 5.89 Å². The van der Waals surface area contributed by atoms with Crippen molar-refractivity contribution in [2.45, 2.75) is 119 Å². The van der Waals surface area contributed by atoms with E-state index >= 15 is 0 Å². The average Bonchev–Trinajstić information content (AvgIpc) is 3.65. The fourth-order valence-corrected chi connectivity index (χ4v) is 8.97. The third-order valence-corrected chi connectivity index (χ3v) is 12.8. The van der Waals surface area contributed by atoms with Crippen LogP contribution in [-0.2, 0) is 10.8 Å². The molecule has 0 saturated heterocycles. The number of aromatic nitrogens is 3. The maximum absolute atomic E-state index is 12.3. The van der Waals surface area contributed by atoms with Gasteiger partial charge in [0.1, 0.15) is 11.6 Å². The molecule has 4 nitrogen and oxygen atoms in total. The van der Waals surface area contributed by atoms with Gasteiger partial charge in [0, 0.05) is 24.4 Å². The molecule has 0 aliphatic carbocycles. The minimum absolute atomic E-state index is 0.0930. The molecule has 1 N–H and O–H groups in total. The normalized spacial score (nSPS) is 12.7. The molecule has 64 heavy (non-hydrogen) atoms. The molecule has 0 bridgehead atoms. The lowest BCUT2D eigenvalue weighted by atomic mass is 9.80. The second kappa shape index (κ2) is 17.0. The smallest absolute Gasteiger partial charge is 0.149 e. The predicted octanol–water partition coefficient (Wildman–Crippen LogP) is 16.7. The maximum atomic E-state index is 12.3. The highest BCUT2D eigenvalue weighted by Crippen LogP contribution is 2.45. The van der Waals surface area contributed by atoms with Crippen LogP contribution in [0.3, 0.4) is 0 Å². The lowest BCUT2D eigenvalue weighted by Crippen LogP contribution is -2.13. The highest BCUT2D eigenvalue weighted by atomic mass is 16.3. The number of imidazole rings is 1. The summed E-state index contributed by atoms with van der Waals surface area (Å²) in [6.45, 7) is 28.2. The number of phenols is 1. The van der Waals surface area contributed by atoms with Gasteiger partial charge >= 0.3 is 0 Å². The van der Waals surface area contributed by atoms with Gasteiger partial charge in [-0.1, -0.05) is 168 Å². The number of rotatable bonds is 9. The van der Waals surface area contributed by atoms with Gasteiger partial charge in [-0.25, -0.2) is 4.98 Å². The van der Waals surface area contributed by atoms with Crippen LogP contribution in [-0.4, -0.2) is 19.6 Å². The molecule has 0 atom stereocenters. The second-order valence-corrected chi connectivity index (χ2v) is 20.6. The number of para-hydroxylation sites is 1. The lowest BCUT2D eigenvalue weighted by molar-refractivity contribution is 0.466. The summed E-state index contributed by atoms with van der Waals surface area (Å²) >= 11 is 0. The van der Waals surface area contributed by atoms with Gasteiger partial charge in [-0.15, -0.1) is 0 Å². The summed E-state index contributed by atoms with van der Waals surface area (Å²) in [5, 5.41) is 12.3. The molecule has 0 spiro atoms. The molecule has 6 aromatic carbocycles. The SMILES string of the molecule is [2H]C(C)(C)c1cc(-n2c(-c3cc(C(C)C)cc(C(C)C)c3O)nc3c(-c4cc(-c5cc(-c6ccc(C)cc6)ccn5)cc(C(C)(C)C)c4)cccc32)ccc1-c1ccccc1C(C)(C)C. The van der Waals surface area contributed by atoms with Gasteiger partial charge in [0.25, 0.3) is 0 Å². The Labute approximate surface area is 383 Å². The standard InChI is InChI=1S/C60H65N3O/c1-36(2)42-32-51(38(5)6)57(64)52(33-42)58-62-56-47(43-29-44(31-45(30-43)59(8,9)10)54-34-41(27-28-61-54)40-23-21-39(7)22-24-40)18-16-20-55(56)63(58)46-25-26-48(50(35-46)37(3)4)49-17-14-15-19-53(49)60(11,12)13/h14-38,64H,1-13H3/i37D. The van der Waals surface area contributed by atoms with E-state index in [-0.39, 0.29) is 28.4 Å². The van der Waals surface area contributed by atoms with E-state index in [1.807, 2.05) is 20.0 Å². The van der Waals surface area contributed by atoms with Crippen LogP contribution in [0.1, 0.15) is 136 Å². The second-order valence-electron chi connectivity index (χ2n) is 20.6. The first kappa shape index (κ1) is 43.0. The Balaban J connectivity index is 1.42. The van der Waals surface area contributed by atoms with E-state index in [0.717, 1.165) is 78.0 Å². The van der Waals surface area contributed by atoms with Crippen LogP contribution in [0.2, 0.25) is 0 Å². The van der Waals surface area contributed by atoms with Crippen molar-refractivity contribution >= 4 is 11.0 Å². The largest absolute Gasteiger partial charge is 0.507 e. The molecular weight excluding hydrogens is 779 g/mol. The van der Waals surface area contributed by atoms with Crippen molar-refractivity contribution in [1.29, 1.82) is 0 Å². The van der Waals surface area contributed by atoms with Gasteiger partial charge in [0.05, 0.1) is 22.3 Å². The van der Waals surface area contributed by atoms with Crippen molar-refractivity contribution in [2.24, 2.45) is 0 Å². The number of nitrogens with zero attached hydrogens (tertiary/aromatic N) is 3. The van der Waals surface area contributed by atoms with Crippen molar-refractivity contribution in [1.82, 2.24) is 14.5 Å². The Morgan fingerprint density at radius 2 is 1.28 bits per heavy atom. The summed E-state index contributed by atoms with van der Waals surface area (Å²) in [5.41, 5.74) is 18.1. The summed E-state index contributed by atoms with van der Waals surface area (Å²) in [6.07, 6.45) is 1.91. The zero-order chi connectivity index (χ0) is 46.7. The summed E-state index contributed by atoms with van der Waals surface area (Å²) < 4.78 is 11.8. The van der Waals surface area contributed by atoms with Crippen molar-refractivity contribution in [3.05, 3.63) is 167 Å². The number of aryl methyl sites for hydroxylation is 1. The molecule has 0 amide bonds. The molecule has 0 saturated carbocycles. The summed E-state index contributed by atoms with van der Waals surface area (Å²) in [7, 11) is 0. The highest BCUT2D eigenvalue weighted by Gasteiger charge is 2.26. The first-order valence-corrected chi connectivity index (χ1v) is 22.9. The van der Waals surface area contributed by atoms with E-state index in [1.54, 1.807) is 0 Å². The van der Waals surface area contributed by atoms with Gasteiger partial charge < -0.3 is 5.11 Å². The Morgan fingerprint density at radius 3 is 1.95 bits per heavy atom. The van der Waals surface area contributed by atoms with Crippen LogP contribution < -0.4 is 0 Å². The van der Waals surface area contributed by atoms with Gasteiger partial charge in [-0.05, 0) is 140 Å². The van der Waals surface area contributed by atoms with Crippen LogP contribution in [0.25, 0.3) is 72.7 Å². The Hall–Kier alpha value is -6.26. The average molecular weight is 845 g/mol. The topological polar surface area (TPSA) is 50.9 Å². The van der Waals surface area contributed by atoms with Gasteiger partial charge in [-0.2, -0.15) is 0 Å². The Morgan fingerprint density at radius 1 is 0.578 bits per heavy atom. The van der Waals surface area contributed by atoms with Crippen LogP contribution in [0, 0.1) is 6.92 Å². The maximum Gasteiger partial charge on any atom is 0.149 e. The molecular formula is C60H65N3O. The van der Waals surface area contributed by atoms with Crippen molar-refractivity contribution in [3.63, 3.8) is 0 Å². The number of aromatic hydroxyl groups is 1. The van der Waals surface area contributed by atoms with E-state index in [9.17, 15) is 6.48 Å². The first-order valence-electron chi connectivity index (χ1n) is 23.4. The van der Waals surface area contributed by atoms with E-state index in [0.29, 0.717) is 11.4 Å². The number of phenolic OH excluding ortho intramolecular Hbond substituents is 1. The van der Waals surface area contributed by atoms with Gasteiger partial charge in [0.15, 0.2) is 0 Å². The molecule has 0 radical (unpaired) electrons. The zero-order valence-corrected chi connectivity index (χ0v) is 40.1. The van der Waals surface area contributed by atoms with Crippen LogP contribution >= 0.6 is 0 Å². The minimum Gasteiger partial charge on any atom is -0.507 e. The lowest BCUT2D eigenvalue weighted by Gasteiger charge is -2.25. The molecule has 2 aromatic heterocycles. The number of fused-ring (bicyclic) bond motifs is 1. The molecule has 8 aromatic rings. The first-order chi connectivity index (χ1) is 30.6.